The number of likely N-dealkylation sites (tertiary alicyclic amines) is 2. The summed E-state index contributed by atoms with van der Waals surface area (Å²) < 4.78 is 0. The summed E-state index contributed by atoms with van der Waals surface area (Å²) in [5.74, 6) is 0.610. The van der Waals surface area contributed by atoms with Gasteiger partial charge in [-0.25, -0.2) is 0 Å². The van der Waals surface area contributed by atoms with E-state index in [1.165, 1.54) is 31.2 Å². The molecule has 2 aliphatic rings. The van der Waals surface area contributed by atoms with Gasteiger partial charge < -0.3 is 4.90 Å². The van der Waals surface area contributed by atoms with Crippen LogP contribution in [0.3, 0.4) is 0 Å². The van der Waals surface area contributed by atoms with Gasteiger partial charge in [-0.3, -0.25) is 9.69 Å². The minimum atomic E-state index is 0.216. The van der Waals surface area contributed by atoms with Gasteiger partial charge in [0.2, 0.25) is 5.91 Å². The molecule has 1 aromatic carbocycles. The lowest BCUT2D eigenvalue weighted by molar-refractivity contribution is -0.137. The summed E-state index contributed by atoms with van der Waals surface area (Å²) in [4.78, 5) is 17.3. The number of benzene rings is 1. The maximum absolute atomic E-state index is 12.7. The average molecular weight is 369 g/mol. The van der Waals surface area contributed by atoms with Crippen molar-refractivity contribution in [3.63, 3.8) is 0 Å². The Kier molecular flexibility index (Phi) is 6.43. The number of hydrogen-bond donors (Lipinski definition) is 0. The molecular weight excluding hydrogens is 343 g/mol. The molecule has 3 nitrogen and oxygen atoms in total. The van der Waals surface area contributed by atoms with Gasteiger partial charge in [0.05, 0.1) is 10.0 Å². The topological polar surface area (TPSA) is 23.6 Å². The van der Waals surface area contributed by atoms with E-state index in [-0.39, 0.29) is 5.92 Å². The van der Waals surface area contributed by atoms with E-state index in [9.17, 15) is 4.79 Å². The van der Waals surface area contributed by atoms with Crippen LogP contribution in [0.25, 0.3) is 0 Å². The SMILES string of the molecule is O=C(C1CCN(Cc2ccc(Cl)c(Cl)c2)CC1)N1CCCCCC1. The Morgan fingerprint density at radius 3 is 2.25 bits per heavy atom. The highest BCUT2D eigenvalue weighted by molar-refractivity contribution is 6.42. The summed E-state index contributed by atoms with van der Waals surface area (Å²) in [5.41, 5.74) is 1.18. The van der Waals surface area contributed by atoms with Crippen LogP contribution in [0.1, 0.15) is 44.1 Å². The number of halogens is 2. The maximum atomic E-state index is 12.7. The molecule has 132 valence electrons. The van der Waals surface area contributed by atoms with Crippen LogP contribution in [0.15, 0.2) is 18.2 Å². The Bertz CT molecular complexity index is 562. The van der Waals surface area contributed by atoms with E-state index < -0.39 is 0 Å². The summed E-state index contributed by atoms with van der Waals surface area (Å²) in [6, 6.07) is 5.83. The van der Waals surface area contributed by atoms with Gasteiger partial charge in [0.15, 0.2) is 0 Å². The number of piperidine rings is 1. The van der Waals surface area contributed by atoms with E-state index in [4.69, 9.17) is 23.2 Å². The summed E-state index contributed by atoms with van der Waals surface area (Å²) in [6.45, 7) is 4.75. The lowest BCUT2D eigenvalue weighted by atomic mass is 9.94. The van der Waals surface area contributed by atoms with Crippen molar-refractivity contribution in [3.8, 4) is 0 Å². The maximum Gasteiger partial charge on any atom is 0.225 e. The van der Waals surface area contributed by atoms with E-state index in [1.54, 1.807) is 0 Å². The quantitative estimate of drug-likeness (QED) is 0.777. The lowest BCUT2D eigenvalue weighted by Gasteiger charge is -2.34. The third-order valence-corrected chi connectivity index (χ3v) is 5.98. The van der Waals surface area contributed by atoms with Gasteiger partial charge in [-0.2, -0.15) is 0 Å². The van der Waals surface area contributed by atoms with Crippen molar-refractivity contribution in [1.29, 1.82) is 0 Å². The summed E-state index contributed by atoms with van der Waals surface area (Å²) in [7, 11) is 0. The minimum absolute atomic E-state index is 0.216. The van der Waals surface area contributed by atoms with Crippen molar-refractivity contribution in [2.75, 3.05) is 26.2 Å². The molecule has 0 radical (unpaired) electrons. The molecule has 2 fully saturated rings. The molecule has 2 heterocycles. The van der Waals surface area contributed by atoms with E-state index in [1.807, 2.05) is 18.2 Å². The Hall–Kier alpha value is -0.770. The van der Waals surface area contributed by atoms with Crippen LogP contribution in [0, 0.1) is 5.92 Å². The first-order valence-corrected chi connectivity index (χ1v) is 9.84. The fourth-order valence-electron chi connectivity index (χ4n) is 3.78. The third-order valence-electron chi connectivity index (χ3n) is 5.24. The predicted octanol–water partition coefficient (Wildman–Crippen LogP) is 4.61. The smallest absolute Gasteiger partial charge is 0.225 e. The van der Waals surface area contributed by atoms with E-state index >= 15 is 0 Å². The minimum Gasteiger partial charge on any atom is -0.342 e. The highest BCUT2D eigenvalue weighted by atomic mass is 35.5. The molecule has 3 rings (SSSR count). The van der Waals surface area contributed by atoms with Crippen LogP contribution in [0.2, 0.25) is 10.0 Å². The summed E-state index contributed by atoms with van der Waals surface area (Å²) >= 11 is 12.1. The van der Waals surface area contributed by atoms with E-state index in [0.717, 1.165) is 45.6 Å². The Balaban J connectivity index is 1.49. The monoisotopic (exact) mass is 368 g/mol. The van der Waals surface area contributed by atoms with Crippen LogP contribution >= 0.6 is 23.2 Å². The van der Waals surface area contributed by atoms with Crippen LogP contribution in [-0.4, -0.2) is 41.9 Å². The second kappa shape index (κ2) is 8.55. The number of amides is 1. The average Bonchev–Trinajstić information content (AvgIpc) is 2.88. The van der Waals surface area contributed by atoms with Gasteiger partial charge in [0.1, 0.15) is 0 Å². The van der Waals surface area contributed by atoms with E-state index in [2.05, 4.69) is 9.80 Å². The highest BCUT2D eigenvalue weighted by Crippen LogP contribution is 2.26. The Labute approximate surface area is 154 Å². The molecule has 0 bridgehead atoms. The number of carbonyl (C=O) groups is 1. The van der Waals surface area contributed by atoms with Crippen LogP contribution < -0.4 is 0 Å². The molecule has 0 aliphatic carbocycles. The molecule has 2 saturated heterocycles. The van der Waals surface area contributed by atoms with Gasteiger partial charge in [-0.1, -0.05) is 42.1 Å². The molecule has 0 saturated carbocycles. The number of rotatable bonds is 3. The molecule has 24 heavy (non-hydrogen) atoms. The second-order valence-electron chi connectivity index (χ2n) is 7.04. The van der Waals surface area contributed by atoms with Crippen molar-refractivity contribution in [2.45, 2.75) is 45.1 Å². The normalized spacial score (nSPS) is 20.8. The Morgan fingerprint density at radius 2 is 1.62 bits per heavy atom. The first kappa shape index (κ1) is 18.0. The van der Waals surface area contributed by atoms with Crippen LogP contribution in [0.5, 0.6) is 0 Å². The Morgan fingerprint density at radius 1 is 0.958 bits per heavy atom. The third kappa shape index (κ3) is 4.65. The first-order chi connectivity index (χ1) is 11.6. The number of hydrogen-bond acceptors (Lipinski definition) is 2. The molecule has 1 aromatic rings. The number of nitrogens with zero attached hydrogens (tertiary/aromatic N) is 2. The predicted molar refractivity (Wildman–Crippen MR) is 99.5 cm³/mol. The molecule has 0 atom stereocenters. The van der Waals surface area contributed by atoms with Crippen LogP contribution in [0.4, 0.5) is 0 Å². The summed E-state index contributed by atoms with van der Waals surface area (Å²) in [6.07, 6.45) is 6.81. The van der Waals surface area contributed by atoms with Crippen molar-refractivity contribution in [2.24, 2.45) is 5.92 Å². The highest BCUT2D eigenvalue weighted by Gasteiger charge is 2.28. The van der Waals surface area contributed by atoms with Gasteiger partial charge >= 0.3 is 0 Å². The van der Waals surface area contributed by atoms with Gasteiger partial charge in [0.25, 0.3) is 0 Å². The molecule has 0 unspecified atom stereocenters. The van der Waals surface area contributed by atoms with Crippen molar-refractivity contribution >= 4 is 29.1 Å². The molecule has 2 aliphatic heterocycles. The zero-order chi connectivity index (χ0) is 16.9. The number of carbonyl (C=O) groups excluding carboxylic acids is 1. The lowest BCUT2D eigenvalue weighted by Crippen LogP contribution is -2.42. The van der Waals surface area contributed by atoms with Crippen molar-refractivity contribution in [3.05, 3.63) is 33.8 Å². The zero-order valence-corrected chi connectivity index (χ0v) is 15.7. The molecule has 5 heteroatoms. The van der Waals surface area contributed by atoms with Crippen molar-refractivity contribution < 1.29 is 4.79 Å². The first-order valence-electron chi connectivity index (χ1n) is 9.08. The second-order valence-corrected chi connectivity index (χ2v) is 7.85. The van der Waals surface area contributed by atoms with Gasteiger partial charge in [0, 0.05) is 25.6 Å². The molecule has 0 aromatic heterocycles. The fourth-order valence-corrected chi connectivity index (χ4v) is 4.10. The van der Waals surface area contributed by atoms with E-state index in [0.29, 0.717) is 16.0 Å². The fraction of sp³-hybridized carbons (Fsp3) is 0.632. The van der Waals surface area contributed by atoms with Gasteiger partial charge in [-0.15, -0.1) is 0 Å². The summed E-state index contributed by atoms with van der Waals surface area (Å²) in [5, 5.41) is 1.21. The molecule has 1 amide bonds. The molecule has 0 N–H and O–H groups in total. The standard InChI is InChI=1S/C19H26Cl2N2O/c20-17-6-5-15(13-18(17)21)14-22-11-7-16(8-12-22)19(24)23-9-3-1-2-4-10-23/h5-6,13,16H,1-4,7-12,14H2. The largest absolute Gasteiger partial charge is 0.342 e. The van der Waals surface area contributed by atoms with Crippen molar-refractivity contribution in [1.82, 2.24) is 9.80 Å². The zero-order valence-electron chi connectivity index (χ0n) is 14.1. The molecule has 0 spiro atoms. The van der Waals surface area contributed by atoms with Gasteiger partial charge in [-0.05, 0) is 56.5 Å². The van der Waals surface area contributed by atoms with Crippen LogP contribution in [-0.2, 0) is 11.3 Å². The molecular formula is C19H26Cl2N2O.